The molecule has 3 aromatic rings. The van der Waals surface area contributed by atoms with Gasteiger partial charge in [-0.25, -0.2) is 4.79 Å². The van der Waals surface area contributed by atoms with Crippen molar-refractivity contribution in [2.24, 2.45) is 0 Å². The summed E-state index contributed by atoms with van der Waals surface area (Å²) in [6, 6.07) is 20.9. The largest absolute Gasteiger partial charge is 0.486 e. The van der Waals surface area contributed by atoms with Gasteiger partial charge in [-0.05, 0) is 17.2 Å². The number of rotatable bonds is 7. The molecular weight excluding hydrogens is 396 g/mol. The van der Waals surface area contributed by atoms with E-state index in [1.54, 1.807) is 0 Å². The smallest absolute Gasteiger partial charge is 0.412 e. The summed E-state index contributed by atoms with van der Waals surface area (Å²) in [4.78, 5) is 22.8. The lowest BCUT2D eigenvalue weighted by atomic mass is 10.2. The van der Waals surface area contributed by atoms with Gasteiger partial charge in [0.25, 0.3) is 5.69 Å². The highest BCUT2D eigenvalue weighted by Crippen LogP contribution is 2.36. The second-order valence-corrected chi connectivity index (χ2v) is 6.43. The third-order valence-electron chi connectivity index (χ3n) is 3.93. The fraction of sp³-hybridized carbons (Fsp3) is 0.0952. The zero-order chi connectivity index (χ0) is 20.6. The highest BCUT2D eigenvalue weighted by atomic mass is 35.5. The van der Waals surface area contributed by atoms with E-state index in [1.165, 1.54) is 12.1 Å². The van der Waals surface area contributed by atoms with E-state index in [1.807, 2.05) is 60.7 Å². The van der Waals surface area contributed by atoms with E-state index in [9.17, 15) is 14.9 Å². The maximum absolute atomic E-state index is 12.2. The van der Waals surface area contributed by atoms with Gasteiger partial charge in [0.15, 0.2) is 0 Å². The number of carbonyl (C=O) groups is 1. The van der Waals surface area contributed by atoms with Crippen LogP contribution < -0.4 is 10.1 Å². The number of nitro benzene ring substituents is 1. The van der Waals surface area contributed by atoms with Crippen LogP contribution in [0.15, 0.2) is 72.8 Å². The Bertz CT molecular complexity index is 997. The van der Waals surface area contributed by atoms with Gasteiger partial charge in [-0.1, -0.05) is 72.3 Å². The monoisotopic (exact) mass is 412 g/mol. The number of hydrogen-bond acceptors (Lipinski definition) is 5. The molecule has 0 aliphatic carbocycles. The fourth-order valence-corrected chi connectivity index (χ4v) is 2.74. The molecule has 0 heterocycles. The van der Waals surface area contributed by atoms with Crippen LogP contribution in [-0.4, -0.2) is 11.0 Å². The number of nitro groups is 1. The second kappa shape index (κ2) is 9.57. The third-order valence-corrected chi connectivity index (χ3v) is 4.24. The van der Waals surface area contributed by atoms with Crippen molar-refractivity contribution in [3.63, 3.8) is 0 Å². The molecule has 0 saturated carbocycles. The number of anilines is 1. The van der Waals surface area contributed by atoms with Gasteiger partial charge in [0.05, 0.1) is 16.7 Å². The van der Waals surface area contributed by atoms with Crippen molar-refractivity contribution in [2.45, 2.75) is 13.2 Å². The van der Waals surface area contributed by atoms with Crippen molar-refractivity contribution in [3.8, 4) is 5.75 Å². The van der Waals surface area contributed by atoms with Crippen LogP contribution in [0.4, 0.5) is 16.2 Å². The Morgan fingerprint density at radius 2 is 1.55 bits per heavy atom. The van der Waals surface area contributed by atoms with Gasteiger partial charge in [-0.2, -0.15) is 0 Å². The molecule has 0 unspecified atom stereocenters. The summed E-state index contributed by atoms with van der Waals surface area (Å²) < 4.78 is 10.9. The van der Waals surface area contributed by atoms with Crippen LogP contribution in [0.25, 0.3) is 0 Å². The molecule has 0 spiro atoms. The highest BCUT2D eigenvalue weighted by Gasteiger charge is 2.20. The molecule has 0 aliphatic rings. The summed E-state index contributed by atoms with van der Waals surface area (Å²) in [6.45, 7) is 0.237. The van der Waals surface area contributed by atoms with Crippen molar-refractivity contribution >= 4 is 29.1 Å². The minimum Gasteiger partial charge on any atom is -0.486 e. The predicted octanol–water partition coefficient (Wildman–Crippen LogP) is 5.58. The number of carbonyl (C=O) groups excluding carboxylic acids is 1. The number of amides is 1. The maximum atomic E-state index is 12.2. The number of nitrogens with zero attached hydrogens (tertiary/aromatic N) is 1. The van der Waals surface area contributed by atoms with Crippen molar-refractivity contribution in [1.82, 2.24) is 0 Å². The minimum absolute atomic E-state index is 0.0770. The molecule has 1 amide bonds. The van der Waals surface area contributed by atoms with E-state index in [2.05, 4.69) is 5.32 Å². The van der Waals surface area contributed by atoms with Crippen LogP contribution in [0.2, 0.25) is 5.02 Å². The van der Waals surface area contributed by atoms with Crippen molar-refractivity contribution in [2.75, 3.05) is 5.32 Å². The van der Waals surface area contributed by atoms with E-state index in [0.717, 1.165) is 11.1 Å². The predicted molar refractivity (Wildman–Crippen MR) is 109 cm³/mol. The molecule has 0 aliphatic heterocycles. The molecular formula is C21H17ClN2O5. The van der Waals surface area contributed by atoms with Gasteiger partial charge >= 0.3 is 6.09 Å². The molecule has 7 nitrogen and oxygen atoms in total. The molecule has 1 N–H and O–H groups in total. The van der Waals surface area contributed by atoms with Crippen LogP contribution in [0, 0.1) is 10.1 Å². The van der Waals surface area contributed by atoms with Gasteiger partial charge in [0, 0.05) is 0 Å². The van der Waals surface area contributed by atoms with Crippen LogP contribution in [0.1, 0.15) is 11.1 Å². The number of nitrogens with one attached hydrogen (secondary N) is 1. The minimum atomic E-state index is -0.733. The van der Waals surface area contributed by atoms with Crippen molar-refractivity contribution < 1.29 is 19.2 Å². The molecule has 0 saturated heterocycles. The lowest BCUT2D eigenvalue weighted by molar-refractivity contribution is -0.384. The molecule has 0 bridgehead atoms. The first kappa shape index (κ1) is 20.2. The van der Waals surface area contributed by atoms with Gasteiger partial charge in [0.1, 0.15) is 24.0 Å². The Hall–Kier alpha value is -3.58. The Morgan fingerprint density at radius 3 is 2.14 bits per heavy atom. The van der Waals surface area contributed by atoms with E-state index in [0.29, 0.717) is 0 Å². The Morgan fingerprint density at radius 1 is 0.966 bits per heavy atom. The molecule has 0 atom stereocenters. The molecule has 3 aromatic carbocycles. The zero-order valence-corrected chi connectivity index (χ0v) is 16.0. The molecule has 0 aromatic heterocycles. The van der Waals surface area contributed by atoms with E-state index >= 15 is 0 Å². The summed E-state index contributed by atoms with van der Waals surface area (Å²) in [7, 11) is 0. The first-order valence-electron chi connectivity index (χ1n) is 8.65. The van der Waals surface area contributed by atoms with Gasteiger partial charge < -0.3 is 9.47 Å². The lowest BCUT2D eigenvalue weighted by Crippen LogP contribution is -2.14. The Kier molecular flexibility index (Phi) is 6.65. The number of ether oxygens (including phenoxy) is 2. The standard InChI is InChI=1S/C21H17ClN2O5/c22-17-11-18(23-21(25)29-14-16-9-5-2-6-10-16)20(12-19(17)24(26)27)28-13-15-7-3-1-4-8-15/h1-12H,13-14H2,(H,23,25). The van der Waals surface area contributed by atoms with Crippen LogP contribution in [0.5, 0.6) is 5.75 Å². The molecule has 3 rings (SSSR count). The average molecular weight is 413 g/mol. The summed E-state index contributed by atoms with van der Waals surface area (Å²) in [5.74, 6) is 0.113. The fourth-order valence-electron chi connectivity index (χ4n) is 2.50. The highest BCUT2D eigenvalue weighted by molar-refractivity contribution is 6.33. The van der Waals surface area contributed by atoms with Crippen LogP contribution >= 0.6 is 11.6 Å². The first-order chi connectivity index (χ1) is 14.0. The Labute approximate surface area is 172 Å². The van der Waals surface area contributed by atoms with Crippen molar-refractivity contribution in [3.05, 3.63) is 99.1 Å². The average Bonchev–Trinajstić information content (AvgIpc) is 2.73. The molecule has 0 fully saturated rings. The van der Waals surface area contributed by atoms with E-state index in [4.69, 9.17) is 21.1 Å². The summed E-state index contributed by atoms with van der Waals surface area (Å²) in [5, 5.41) is 13.6. The molecule has 29 heavy (non-hydrogen) atoms. The summed E-state index contributed by atoms with van der Waals surface area (Å²) >= 11 is 5.98. The topological polar surface area (TPSA) is 90.7 Å². The number of hydrogen-bond donors (Lipinski definition) is 1. The van der Waals surface area contributed by atoms with Crippen LogP contribution in [0.3, 0.4) is 0 Å². The number of benzene rings is 3. The molecule has 0 radical (unpaired) electrons. The zero-order valence-electron chi connectivity index (χ0n) is 15.2. The SMILES string of the molecule is O=C(Nc1cc(Cl)c([N+](=O)[O-])cc1OCc1ccccc1)OCc1ccccc1. The maximum Gasteiger partial charge on any atom is 0.412 e. The molecule has 8 heteroatoms. The van der Waals surface area contributed by atoms with Gasteiger partial charge in [0.2, 0.25) is 0 Å². The van der Waals surface area contributed by atoms with Gasteiger partial charge in [-0.3, -0.25) is 15.4 Å². The third kappa shape index (κ3) is 5.70. The molecule has 148 valence electrons. The quantitative estimate of drug-likeness (QED) is 0.404. The Balaban J connectivity index is 1.75. The van der Waals surface area contributed by atoms with Crippen molar-refractivity contribution in [1.29, 1.82) is 0 Å². The second-order valence-electron chi connectivity index (χ2n) is 6.02. The van der Waals surface area contributed by atoms with Crippen LogP contribution in [-0.2, 0) is 18.0 Å². The van der Waals surface area contributed by atoms with Gasteiger partial charge in [-0.15, -0.1) is 0 Å². The number of halogens is 1. The first-order valence-corrected chi connectivity index (χ1v) is 9.03. The normalized spacial score (nSPS) is 10.2. The van der Waals surface area contributed by atoms with E-state index < -0.39 is 11.0 Å². The summed E-state index contributed by atoms with van der Waals surface area (Å²) in [5.41, 5.74) is 1.54. The summed E-state index contributed by atoms with van der Waals surface area (Å²) in [6.07, 6.45) is -0.733. The lowest BCUT2D eigenvalue weighted by Gasteiger charge is -2.13. The van der Waals surface area contributed by atoms with E-state index in [-0.39, 0.29) is 35.4 Å².